The quantitative estimate of drug-likeness (QED) is 0.739. The van der Waals surface area contributed by atoms with Crippen molar-refractivity contribution in [2.75, 3.05) is 50.0 Å². The maximum atomic E-state index is 11.5. The van der Waals surface area contributed by atoms with Gasteiger partial charge in [-0.15, -0.1) is 0 Å². The summed E-state index contributed by atoms with van der Waals surface area (Å²) < 4.78 is 5.36. The van der Waals surface area contributed by atoms with Crippen molar-refractivity contribution in [2.24, 2.45) is 0 Å². The first-order chi connectivity index (χ1) is 12.6. The first kappa shape index (κ1) is 18.3. The number of aromatic nitrogens is 2. The van der Waals surface area contributed by atoms with Gasteiger partial charge < -0.3 is 15.4 Å². The van der Waals surface area contributed by atoms with Gasteiger partial charge in [0.15, 0.2) is 5.78 Å². The van der Waals surface area contributed by atoms with Crippen LogP contribution in [0, 0.1) is 6.92 Å². The van der Waals surface area contributed by atoms with Crippen LogP contribution in [0.25, 0.3) is 0 Å². The first-order valence-corrected chi connectivity index (χ1v) is 8.88. The van der Waals surface area contributed by atoms with E-state index in [2.05, 4.69) is 25.5 Å². The minimum absolute atomic E-state index is 0.0317. The maximum Gasteiger partial charge on any atom is 0.229 e. The molecule has 2 N–H and O–H groups in total. The summed E-state index contributed by atoms with van der Waals surface area (Å²) in [5, 5.41) is 6.54. The van der Waals surface area contributed by atoms with E-state index in [-0.39, 0.29) is 5.78 Å². The lowest BCUT2D eigenvalue weighted by atomic mass is 10.1. The number of hydrogen-bond donors (Lipinski definition) is 2. The molecule has 2 aromatic rings. The van der Waals surface area contributed by atoms with Gasteiger partial charge in [-0.2, -0.15) is 4.98 Å². The average molecular weight is 355 g/mol. The van der Waals surface area contributed by atoms with Crippen molar-refractivity contribution in [2.45, 2.75) is 13.8 Å². The molecule has 2 heterocycles. The Kier molecular flexibility index (Phi) is 6.14. The number of carbonyl (C=O) groups excluding carboxylic acids is 1. The number of carbonyl (C=O) groups is 1. The predicted octanol–water partition coefficient (Wildman–Crippen LogP) is 2.48. The summed E-state index contributed by atoms with van der Waals surface area (Å²) in [6.07, 6.45) is 0. The van der Waals surface area contributed by atoms with Crippen LogP contribution in [0.15, 0.2) is 30.3 Å². The summed E-state index contributed by atoms with van der Waals surface area (Å²) >= 11 is 0. The Morgan fingerprint density at radius 1 is 1.23 bits per heavy atom. The fraction of sp³-hybridized carbons (Fsp3) is 0.421. The van der Waals surface area contributed by atoms with E-state index in [0.29, 0.717) is 11.5 Å². The van der Waals surface area contributed by atoms with Crippen molar-refractivity contribution in [3.63, 3.8) is 0 Å². The molecule has 26 heavy (non-hydrogen) atoms. The Labute approximate surface area is 153 Å². The number of nitrogens with zero attached hydrogens (tertiary/aromatic N) is 3. The van der Waals surface area contributed by atoms with Crippen molar-refractivity contribution in [1.82, 2.24) is 14.9 Å². The van der Waals surface area contributed by atoms with Gasteiger partial charge in [-0.25, -0.2) is 4.98 Å². The Balaban J connectivity index is 1.61. The van der Waals surface area contributed by atoms with Gasteiger partial charge in [0.25, 0.3) is 0 Å². The van der Waals surface area contributed by atoms with E-state index in [9.17, 15) is 4.79 Å². The molecule has 1 saturated heterocycles. The second-order valence-corrected chi connectivity index (χ2v) is 6.36. The number of aryl methyl sites for hydroxylation is 1. The molecular formula is C19H25N5O2. The van der Waals surface area contributed by atoms with Gasteiger partial charge in [-0.05, 0) is 26.0 Å². The van der Waals surface area contributed by atoms with Crippen molar-refractivity contribution in [1.29, 1.82) is 0 Å². The monoisotopic (exact) mass is 355 g/mol. The third-order valence-corrected chi connectivity index (χ3v) is 4.22. The molecule has 0 bridgehead atoms. The van der Waals surface area contributed by atoms with Crippen LogP contribution < -0.4 is 10.6 Å². The number of ketones is 1. The van der Waals surface area contributed by atoms with E-state index in [1.807, 2.05) is 25.1 Å². The highest BCUT2D eigenvalue weighted by atomic mass is 16.5. The summed E-state index contributed by atoms with van der Waals surface area (Å²) in [7, 11) is 0. The molecule has 1 aromatic heterocycles. The van der Waals surface area contributed by atoms with Gasteiger partial charge in [0, 0.05) is 49.2 Å². The largest absolute Gasteiger partial charge is 0.379 e. The van der Waals surface area contributed by atoms with E-state index < -0.39 is 0 Å². The number of morpholine rings is 1. The van der Waals surface area contributed by atoms with Gasteiger partial charge in [0.2, 0.25) is 5.95 Å². The second-order valence-electron chi connectivity index (χ2n) is 6.36. The normalized spacial score (nSPS) is 14.8. The molecule has 0 spiro atoms. The zero-order chi connectivity index (χ0) is 18.4. The first-order valence-electron chi connectivity index (χ1n) is 8.88. The third-order valence-electron chi connectivity index (χ3n) is 4.22. The number of rotatable bonds is 7. The summed E-state index contributed by atoms with van der Waals surface area (Å²) in [5.74, 6) is 1.33. The highest BCUT2D eigenvalue weighted by Gasteiger charge is 2.10. The van der Waals surface area contributed by atoms with Crippen molar-refractivity contribution in [3.8, 4) is 0 Å². The predicted molar refractivity (Wildman–Crippen MR) is 102 cm³/mol. The Bertz CT molecular complexity index is 759. The molecule has 0 amide bonds. The maximum absolute atomic E-state index is 11.5. The second kappa shape index (κ2) is 8.73. The lowest BCUT2D eigenvalue weighted by Crippen LogP contribution is -2.39. The zero-order valence-electron chi connectivity index (χ0n) is 15.3. The van der Waals surface area contributed by atoms with Crippen LogP contribution in [0.5, 0.6) is 0 Å². The van der Waals surface area contributed by atoms with Crippen LogP contribution in [0.4, 0.5) is 17.5 Å². The highest BCUT2D eigenvalue weighted by Crippen LogP contribution is 2.17. The molecule has 1 aliphatic heterocycles. The number of Topliss-reactive ketones (excluding diaryl/α,β-unsaturated/α-hetero) is 1. The topological polar surface area (TPSA) is 79.4 Å². The summed E-state index contributed by atoms with van der Waals surface area (Å²) in [6.45, 7) is 8.82. The molecule has 0 atom stereocenters. The fourth-order valence-electron chi connectivity index (χ4n) is 2.83. The highest BCUT2D eigenvalue weighted by molar-refractivity contribution is 5.95. The van der Waals surface area contributed by atoms with Gasteiger partial charge in [-0.1, -0.05) is 12.1 Å². The lowest BCUT2D eigenvalue weighted by molar-refractivity contribution is 0.0398. The number of benzene rings is 1. The molecule has 0 saturated carbocycles. The summed E-state index contributed by atoms with van der Waals surface area (Å²) in [5.41, 5.74) is 2.33. The van der Waals surface area contributed by atoms with E-state index in [1.54, 1.807) is 19.1 Å². The van der Waals surface area contributed by atoms with Crippen molar-refractivity contribution in [3.05, 3.63) is 41.6 Å². The van der Waals surface area contributed by atoms with E-state index in [0.717, 1.165) is 56.6 Å². The minimum atomic E-state index is 0.0317. The van der Waals surface area contributed by atoms with Crippen molar-refractivity contribution < 1.29 is 9.53 Å². The van der Waals surface area contributed by atoms with Gasteiger partial charge in [0.05, 0.1) is 13.2 Å². The van der Waals surface area contributed by atoms with E-state index in [4.69, 9.17) is 4.74 Å². The molecule has 0 aliphatic carbocycles. The van der Waals surface area contributed by atoms with Crippen LogP contribution >= 0.6 is 0 Å². The molecule has 0 radical (unpaired) electrons. The van der Waals surface area contributed by atoms with Gasteiger partial charge in [0.1, 0.15) is 5.82 Å². The van der Waals surface area contributed by atoms with E-state index >= 15 is 0 Å². The molecular weight excluding hydrogens is 330 g/mol. The average Bonchev–Trinajstić information content (AvgIpc) is 2.62. The molecule has 3 rings (SSSR count). The van der Waals surface area contributed by atoms with Crippen LogP contribution in [-0.4, -0.2) is 60.0 Å². The smallest absolute Gasteiger partial charge is 0.229 e. The van der Waals surface area contributed by atoms with E-state index in [1.165, 1.54) is 0 Å². The number of nitrogens with one attached hydrogen (secondary N) is 2. The molecule has 138 valence electrons. The van der Waals surface area contributed by atoms with Crippen LogP contribution in [-0.2, 0) is 4.74 Å². The molecule has 1 aromatic carbocycles. The molecule has 1 fully saturated rings. The Hall–Kier alpha value is -2.51. The third kappa shape index (κ3) is 5.24. The van der Waals surface area contributed by atoms with Crippen molar-refractivity contribution >= 4 is 23.2 Å². The molecule has 7 nitrogen and oxygen atoms in total. The molecule has 7 heteroatoms. The number of hydrogen-bond acceptors (Lipinski definition) is 7. The van der Waals surface area contributed by atoms with Gasteiger partial charge in [-0.3, -0.25) is 9.69 Å². The lowest BCUT2D eigenvalue weighted by Gasteiger charge is -2.26. The Morgan fingerprint density at radius 2 is 2.04 bits per heavy atom. The van der Waals surface area contributed by atoms with Crippen LogP contribution in [0.2, 0.25) is 0 Å². The number of anilines is 3. The Morgan fingerprint density at radius 3 is 2.81 bits per heavy atom. The molecule has 1 aliphatic rings. The fourth-order valence-corrected chi connectivity index (χ4v) is 2.83. The summed E-state index contributed by atoms with van der Waals surface area (Å²) in [4.78, 5) is 22.9. The van der Waals surface area contributed by atoms with Crippen LogP contribution in [0.1, 0.15) is 23.0 Å². The van der Waals surface area contributed by atoms with Crippen LogP contribution in [0.3, 0.4) is 0 Å². The minimum Gasteiger partial charge on any atom is -0.379 e. The summed E-state index contributed by atoms with van der Waals surface area (Å²) in [6, 6.07) is 9.26. The standard InChI is InChI=1S/C19H25N5O2/c1-14-12-18(20-6-7-24-8-10-26-11-9-24)23-19(21-14)22-17-5-3-4-16(13-17)15(2)25/h3-5,12-13H,6-11H2,1-2H3,(H2,20,21,22,23). The van der Waals surface area contributed by atoms with Gasteiger partial charge >= 0.3 is 0 Å². The SMILES string of the molecule is CC(=O)c1cccc(Nc2nc(C)cc(NCCN3CCOCC3)n2)c1. The zero-order valence-corrected chi connectivity index (χ0v) is 15.3. The molecule has 0 unspecified atom stereocenters. The number of ether oxygens (including phenoxy) is 1.